The Hall–Kier alpha value is -1.63. The van der Waals surface area contributed by atoms with Gasteiger partial charge in [0.1, 0.15) is 0 Å². The third-order valence-corrected chi connectivity index (χ3v) is 11.5. The van der Waals surface area contributed by atoms with Crippen molar-refractivity contribution in [2.45, 2.75) is 233 Å². The van der Waals surface area contributed by atoms with Gasteiger partial charge < -0.3 is 14.4 Å². The number of likely N-dealkylation sites (tertiary alicyclic amines) is 1. The zero-order valence-corrected chi connectivity index (χ0v) is 36.3. The maximum absolute atomic E-state index is 13.2. The zero-order chi connectivity index (χ0) is 39.2. The molecule has 0 radical (unpaired) electrons. The zero-order valence-electron chi connectivity index (χ0n) is 36.3. The van der Waals surface area contributed by atoms with E-state index in [4.69, 9.17) is 9.47 Å². The number of unbranched alkanes of at least 4 members (excludes halogenated alkanes) is 20. The summed E-state index contributed by atoms with van der Waals surface area (Å²) in [4.78, 5) is 42.1. The van der Waals surface area contributed by atoms with E-state index < -0.39 is 0 Å². The van der Waals surface area contributed by atoms with E-state index in [9.17, 15) is 14.4 Å². The van der Waals surface area contributed by atoms with Gasteiger partial charge in [0.05, 0.1) is 19.8 Å². The molecule has 7 heteroatoms. The van der Waals surface area contributed by atoms with Crippen molar-refractivity contribution in [3.05, 3.63) is 0 Å². The van der Waals surface area contributed by atoms with Crippen molar-refractivity contribution in [2.75, 3.05) is 45.9 Å². The fraction of sp³-hybridized carbons (Fsp3) is 0.936. The van der Waals surface area contributed by atoms with Crippen molar-refractivity contribution in [3.63, 3.8) is 0 Å². The molecule has 0 aromatic heterocycles. The van der Waals surface area contributed by atoms with Gasteiger partial charge in [0.2, 0.25) is 5.91 Å². The molecular weight excluding hydrogens is 673 g/mol. The molecule has 0 N–H and O–H groups in total. The summed E-state index contributed by atoms with van der Waals surface area (Å²) in [7, 11) is 0. The Morgan fingerprint density at radius 1 is 0.481 bits per heavy atom. The number of rotatable bonds is 40. The second-order valence-corrected chi connectivity index (χ2v) is 16.7. The number of carbonyl (C=O) groups is 3. The molecule has 0 spiro atoms. The highest BCUT2D eigenvalue weighted by Crippen LogP contribution is 2.23. The summed E-state index contributed by atoms with van der Waals surface area (Å²) in [5.74, 6) is 0.995. The van der Waals surface area contributed by atoms with Crippen molar-refractivity contribution < 1.29 is 23.9 Å². The van der Waals surface area contributed by atoms with Crippen LogP contribution < -0.4 is 0 Å². The van der Waals surface area contributed by atoms with E-state index in [1.165, 1.54) is 116 Å². The van der Waals surface area contributed by atoms with Crippen LogP contribution in [0.1, 0.15) is 233 Å². The number of hydrogen-bond acceptors (Lipinski definition) is 6. The van der Waals surface area contributed by atoms with E-state index in [0.29, 0.717) is 32.6 Å². The topological polar surface area (TPSA) is 76.1 Å². The summed E-state index contributed by atoms with van der Waals surface area (Å²) >= 11 is 0. The van der Waals surface area contributed by atoms with Crippen LogP contribution in [0.2, 0.25) is 0 Å². The van der Waals surface area contributed by atoms with Gasteiger partial charge in [-0.15, -0.1) is 0 Å². The van der Waals surface area contributed by atoms with Crippen LogP contribution in [0.4, 0.5) is 0 Å². The Kier molecular flexibility index (Phi) is 35.7. The molecule has 1 saturated heterocycles. The van der Waals surface area contributed by atoms with Gasteiger partial charge in [-0.3, -0.25) is 19.3 Å². The molecule has 0 bridgehead atoms. The van der Waals surface area contributed by atoms with Crippen molar-refractivity contribution >= 4 is 17.8 Å². The third kappa shape index (κ3) is 31.6. The summed E-state index contributed by atoms with van der Waals surface area (Å²) in [5.41, 5.74) is 0. The lowest BCUT2D eigenvalue weighted by Gasteiger charge is -2.25. The fourth-order valence-corrected chi connectivity index (χ4v) is 7.90. The van der Waals surface area contributed by atoms with Gasteiger partial charge in [0.25, 0.3) is 0 Å². The molecule has 0 aliphatic carbocycles. The lowest BCUT2D eigenvalue weighted by molar-refractivity contribution is -0.144. The SMILES string of the molecule is CCCCCCCCCOC(=O)CCCCCCCN(CCCCCCCC(=O)OCCCC(CCCCCC)CCCCCC)C(=O)CN1CCCC1. The van der Waals surface area contributed by atoms with Crippen molar-refractivity contribution in [1.29, 1.82) is 0 Å². The highest BCUT2D eigenvalue weighted by molar-refractivity contribution is 5.78. The van der Waals surface area contributed by atoms with Crippen LogP contribution in [0.5, 0.6) is 0 Å². The first-order valence-corrected chi connectivity index (χ1v) is 23.8. The van der Waals surface area contributed by atoms with Gasteiger partial charge in [0, 0.05) is 25.9 Å². The minimum absolute atomic E-state index is 0.0325. The van der Waals surface area contributed by atoms with Gasteiger partial charge in [-0.1, -0.05) is 162 Å². The molecule has 0 saturated carbocycles. The standard InChI is InChI=1S/C47H90N2O5/c1-4-7-10-13-14-21-30-41-53-46(51)35-24-17-15-19-26-39-49(45(50)43-48-37-28-29-38-48)40-27-20-16-18-25-36-47(52)54-42-31-34-44(32-22-11-8-5-2)33-23-12-9-6-3/h44H,4-43H2,1-3H3. The smallest absolute Gasteiger partial charge is 0.305 e. The summed E-state index contributed by atoms with van der Waals surface area (Å²) in [5, 5.41) is 0. The molecule has 1 aliphatic rings. The lowest BCUT2D eigenvalue weighted by Crippen LogP contribution is -2.40. The molecule has 1 heterocycles. The van der Waals surface area contributed by atoms with E-state index in [2.05, 4.69) is 30.6 Å². The number of ether oxygens (including phenoxy) is 2. The summed E-state index contributed by atoms with van der Waals surface area (Å²) < 4.78 is 11.1. The highest BCUT2D eigenvalue weighted by atomic mass is 16.5. The lowest BCUT2D eigenvalue weighted by atomic mass is 9.91. The van der Waals surface area contributed by atoms with Crippen molar-refractivity contribution in [1.82, 2.24) is 9.80 Å². The molecule has 0 aromatic rings. The van der Waals surface area contributed by atoms with Crippen molar-refractivity contribution in [3.8, 4) is 0 Å². The predicted molar refractivity (Wildman–Crippen MR) is 228 cm³/mol. The molecule has 0 atom stereocenters. The monoisotopic (exact) mass is 763 g/mol. The van der Waals surface area contributed by atoms with Gasteiger partial charge in [-0.25, -0.2) is 0 Å². The first-order valence-electron chi connectivity index (χ1n) is 23.8. The first-order chi connectivity index (χ1) is 26.5. The van der Waals surface area contributed by atoms with Crippen LogP contribution in [0, 0.1) is 5.92 Å². The number of esters is 2. The predicted octanol–water partition coefficient (Wildman–Crippen LogP) is 12.8. The van der Waals surface area contributed by atoms with Crippen LogP contribution in [0.25, 0.3) is 0 Å². The molecule has 54 heavy (non-hydrogen) atoms. The fourth-order valence-electron chi connectivity index (χ4n) is 7.90. The average molecular weight is 763 g/mol. The molecule has 1 aliphatic heterocycles. The number of nitrogens with zero attached hydrogens (tertiary/aromatic N) is 2. The maximum Gasteiger partial charge on any atom is 0.305 e. The minimum Gasteiger partial charge on any atom is -0.466 e. The average Bonchev–Trinajstić information content (AvgIpc) is 3.68. The molecule has 1 rings (SSSR count). The van der Waals surface area contributed by atoms with E-state index in [1.807, 2.05) is 0 Å². The van der Waals surface area contributed by atoms with E-state index >= 15 is 0 Å². The summed E-state index contributed by atoms with van der Waals surface area (Å²) in [6.45, 7) is 12.2. The Labute approximate surface area is 335 Å². The van der Waals surface area contributed by atoms with Gasteiger partial charge in [-0.2, -0.15) is 0 Å². The Bertz CT molecular complexity index is 849. The summed E-state index contributed by atoms with van der Waals surface area (Å²) in [6.07, 6.45) is 37.9. The molecule has 318 valence electrons. The largest absolute Gasteiger partial charge is 0.466 e. The van der Waals surface area contributed by atoms with Crippen LogP contribution in [0.15, 0.2) is 0 Å². The molecule has 7 nitrogen and oxygen atoms in total. The number of amides is 1. The van der Waals surface area contributed by atoms with Gasteiger partial charge in [-0.05, 0) is 76.8 Å². The molecule has 1 fully saturated rings. The summed E-state index contributed by atoms with van der Waals surface area (Å²) in [6, 6.07) is 0. The van der Waals surface area contributed by atoms with E-state index in [1.54, 1.807) is 0 Å². The quantitative estimate of drug-likeness (QED) is 0.0457. The number of carbonyl (C=O) groups excluding carboxylic acids is 3. The molecule has 0 aromatic carbocycles. The molecular formula is C47H90N2O5. The Morgan fingerprint density at radius 2 is 0.870 bits per heavy atom. The molecule has 1 amide bonds. The highest BCUT2D eigenvalue weighted by Gasteiger charge is 2.19. The maximum atomic E-state index is 13.2. The first kappa shape index (κ1) is 50.4. The van der Waals surface area contributed by atoms with Gasteiger partial charge >= 0.3 is 11.9 Å². The normalized spacial score (nSPS) is 13.2. The van der Waals surface area contributed by atoms with Crippen LogP contribution in [0.3, 0.4) is 0 Å². The molecule has 0 unspecified atom stereocenters. The second-order valence-electron chi connectivity index (χ2n) is 16.7. The van der Waals surface area contributed by atoms with Crippen LogP contribution in [-0.2, 0) is 23.9 Å². The second kappa shape index (κ2) is 38.3. The van der Waals surface area contributed by atoms with Gasteiger partial charge in [0.15, 0.2) is 0 Å². The van der Waals surface area contributed by atoms with E-state index in [-0.39, 0.29) is 17.8 Å². The minimum atomic E-state index is -0.0462. The van der Waals surface area contributed by atoms with Crippen LogP contribution in [-0.4, -0.2) is 73.6 Å². The van der Waals surface area contributed by atoms with Crippen molar-refractivity contribution in [2.24, 2.45) is 5.92 Å². The third-order valence-electron chi connectivity index (χ3n) is 11.5. The van der Waals surface area contributed by atoms with Crippen LogP contribution >= 0.6 is 0 Å². The number of hydrogen-bond donors (Lipinski definition) is 0. The Balaban J connectivity index is 2.18. The van der Waals surface area contributed by atoms with E-state index in [0.717, 1.165) is 116 Å². The Morgan fingerprint density at radius 3 is 1.37 bits per heavy atom.